The first-order chi connectivity index (χ1) is 12.0. The summed E-state index contributed by atoms with van der Waals surface area (Å²) < 4.78 is 0. The maximum Gasteiger partial charge on any atom is -0.0316 e. The maximum atomic E-state index is 2.32. The molecule has 0 heterocycles. The van der Waals surface area contributed by atoms with Crippen LogP contribution in [0, 0.1) is 0 Å². The molecule has 3 aliphatic carbocycles. The molecular formula is C24H42. The van der Waals surface area contributed by atoms with Crippen molar-refractivity contribution in [3.05, 3.63) is 36.5 Å². The quantitative estimate of drug-likeness (QED) is 0.390. The average molecular weight is 331 g/mol. The van der Waals surface area contributed by atoms with Crippen LogP contribution in [0.2, 0.25) is 0 Å². The van der Waals surface area contributed by atoms with E-state index in [1.165, 1.54) is 116 Å². The van der Waals surface area contributed by atoms with Crippen molar-refractivity contribution < 1.29 is 0 Å². The highest BCUT2D eigenvalue weighted by Crippen LogP contribution is 2.15. The smallest absolute Gasteiger partial charge is 0.0316 e. The van der Waals surface area contributed by atoms with Crippen molar-refractivity contribution in [3.63, 3.8) is 0 Å². The molecule has 0 radical (unpaired) electrons. The Morgan fingerprint density at radius 2 is 0.417 bits per heavy atom. The minimum Gasteiger partial charge on any atom is -0.0885 e. The third kappa shape index (κ3) is 16.1. The van der Waals surface area contributed by atoms with Crippen molar-refractivity contribution in [3.8, 4) is 0 Å². The lowest BCUT2D eigenvalue weighted by Gasteiger charge is -2.05. The van der Waals surface area contributed by atoms with Crippen molar-refractivity contribution in [1.29, 1.82) is 0 Å². The van der Waals surface area contributed by atoms with E-state index in [4.69, 9.17) is 0 Å². The second kappa shape index (κ2) is 18.6. The minimum atomic E-state index is 1.23. The summed E-state index contributed by atoms with van der Waals surface area (Å²) in [6, 6.07) is 0. The predicted octanol–water partition coefficient (Wildman–Crippen LogP) is 8.69. The Morgan fingerprint density at radius 3 is 0.708 bits per heavy atom. The number of hydrogen-bond donors (Lipinski definition) is 0. The van der Waals surface area contributed by atoms with Crippen LogP contribution in [-0.4, -0.2) is 0 Å². The van der Waals surface area contributed by atoms with Gasteiger partial charge < -0.3 is 0 Å². The van der Waals surface area contributed by atoms with E-state index in [1.54, 1.807) is 0 Å². The SMILES string of the molecule is C1=CCC/C=C\CC1.C1=CCCCCCC1.C1CCCCCCC1. The second-order valence-corrected chi connectivity index (χ2v) is 7.39. The molecule has 0 aromatic heterocycles. The highest BCUT2D eigenvalue weighted by Gasteiger charge is 1.95. The van der Waals surface area contributed by atoms with Gasteiger partial charge in [-0.3, -0.25) is 0 Å². The monoisotopic (exact) mass is 330 g/mol. The molecule has 0 nitrogen and oxygen atoms in total. The van der Waals surface area contributed by atoms with Crippen LogP contribution in [0.15, 0.2) is 36.5 Å². The molecule has 0 aliphatic heterocycles. The molecule has 3 aliphatic rings. The summed E-state index contributed by atoms with van der Waals surface area (Å²) in [7, 11) is 0. The summed E-state index contributed by atoms with van der Waals surface area (Å²) in [6.45, 7) is 0. The Kier molecular flexibility index (Phi) is 16.4. The molecule has 0 amide bonds. The van der Waals surface area contributed by atoms with Crippen LogP contribution >= 0.6 is 0 Å². The second-order valence-electron chi connectivity index (χ2n) is 7.39. The van der Waals surface area contributed by atoms with Crippen LogP contribution in [0.3, 0.4) is 0 Å². The van der Waals surface area contributed by atoms with Gasteiger partial charge in [0.1, 0.15) is 0 Å². The lowest BCUT2D eigenvalue weighted by molar-refractivity contribution is 0.504. The highest BCUT2D eigenvalue weighted by molar-refractivity contribution is 4.93. The van der Waals surface area contributed by atoms with Crippen LogP contribution in [-0.2, 0) is 0 Å². The molecule has 0 aromatic rings. The highest BCUT2D eigenvalue weighted by atomic mass is 14.0. The molecule has 1 saturated carbocycles. The van der Waals surface area contributed by atoms with Crippen molar-refractivity contribution in [2.45, 2.75) is 116 Å². The zero-order chi connectivity index (χ0) is 17.0. The topological polar surface area (TPSA) is 0 Å². The van der Waals surface area contributed by atoms with Crippen LogP contribution in [0.25, 0.3) is 0 Å². The van der Waals surface area contributed by atoms with E-state index in [0.717, 1.165) is 0 Å². The van der Waals surface area contributed by atoms with Gasteiger partial charge in [0.25, 0.3) is 0 Å². The number of rotatable bonds is 0. The summed E-state index contributed by atoms with van der Waals surface area (Å²) in [4.78, 5) is 0. The van der Waals surface area contributed by atoms with E-state index in [-0.39, 0.29) is 0 Å². The predicted molar refractivity (Wildman–Crippen MR) is 111 cm³/mol. The molecule has 0 aromatic carbocycles. The summed E-state index contributed by atoms with van der Waals surface area (Å²) in [5.74, 6) is 0. The largest absolute Gasteiger partial charge is 0.0885 e. The van der Waals surface area contributed by atoms with Gasteiger partial charge in [0.2, 0.25) is 0 Å². The number of allylic oxidation sites excluding steroid dienone is 6. The molecule has 3 rings (SSSR count). The lowest BCUT2D eigenvalue weighted by Crippen LogP contribution is -1.85. The van der Waals surface area contributed by atoms with Crippen LogP contribution in [0.4, 0.5) is 0 Å². The first-order valence-corrected chi connectivity index (χ1v) is 10.9. The summed E-state index contributed by atoms with van der Waals surface area (Å²) in [5.41, 5.74) is 0. The Labute approximate surface area is 152 Å². The maximum absolute atomic E-state index is 2.32. The first kappa shape index (κ1) is 21.3. The summed E-state index contributed by atoms with van der Waals surface area (Å²) >= 11 is 0. The third-order valence-corrected chi connectivity index (χ3v) is 4.99. The van der Waals surface area contributed by atoms with Gasteiger partial charge in [-0.2, -0.15) is 0 Å². The molecule has 0 bridgehead atoms. The zero-order valence-corrected chi connectivity index (χ0v) is 16.2. The van der Waals surface area contributed by atoms with Gasteiger partial charge in [-0.25, -0.2) is 0 Å². The molecule has 0 unspecified atom stereocenters. The molecule has 24 heavy (non-hydrogen) atoms. The van der Waals surface area contributed by atoms with Crippen molar-refractivity contribution in [1.82, 2.24) is 0 Å². The Bertz CT molecular complexity index is 258. The van der Waals surface area contributed by atoms with Gasteiger partial charge in [0.05, 0.1) is 0 Å². The van der Waals surface area contributed by atoms with Crippen molar-refractivity contribution >= 4 is 0 Å². The molecule has 0 spiro atoms. The van der Waals surface area contributed by atoms with Crippen LogP contribution in [0.5, 0.6) is 0 Å². The molecule has 0 N–H and O–H groups in total. The third-order valence-electron chi connectivity index (χ3n) is 4.99. The molecule has 138 valence electrons. The molecule has 0 saturated heterocycles. The Hall–Kier alpha value is -0.780. The van der Waals surface area contributed by atoms with Gasteiger partial charge in [-0.1, -0.05) is 101 Å². The van der Waals surface area contributed by atoms with E-state index < -0.39 is 0 Å². The number of hydrogen-bond acceptors (Lipinski definition) is 0. The van der Waals surface area contributed by atoms with Crippen molar-refractivity contribution in [2.24, 2.45) is 0 Å². The van der Waals surface area contributed by atoms with Crippen LogP contribution in [0.1, 0.15) is 116 Å². The van der Waals surface area contributed by atoms with Crippen molar-refractivity contribution in [2.75, 3.05) is 0 Å². The molecular weight excluding hydrogens is 288 g/mol. The van der Waals surface area contributed by atoms with E-state index in [2.05, 4.69) is 36.5 Å². The lowest BCUT2D eigenvalue weighted by atomic mass is 10.0. The fourth-order valence-corrected chi connectivity index (χ4v) is 3.38. The van der Waals surface area contributed by atoms with Gasteiger partial charge in [-0.15, -0.1) is 0 Å². The zero-order valence-electron chi connectivity index (χ0n) is 16.2. The fraction of sp³-hybridized carbons (Fsp3) is 0.750. The fourth-order valence-electron chi connectivity index (χ4n) is 3.38. The summed E-state index contributed by atoms with van der Waals surface area (Å²) in [6.07, 6.45) is 39.0. The van der Waals surface area contributed by atoms with Gasteiger partial charge in [-0.05, 0) is 51.4 Å². The first-order valence-electron chi connectivity index (χ1n) is 10.9. The van der Waals surface area contributed by atoms with E-state index in [0.29, 0.717) is 0 Å². The molecule has 1 fully saturated rings. The van der Waals surface area contributed by atoms with Gasteiger partial charge in [0.15, 0.2) is 0 Å². The summed E-state index contributed by atoms with van der Waals surface area (Å²) in [5, 5.41) is 0. The van der Waals surface area contributed by atoms with Gasteiger partial charge >= 0.3 is 0 Å². The normalized spacial score (nSPS) is 23.3. The van der Waals surface area contributed by atoms with E-state index in [1.807, 2.05) is 0 Å². The minimum absolute atomic E-state index is 1.23. The molecule has 0 heteroatoms. The van der Waals surface area contributed by atoms with Crippen LogP contribution < -0.4 is 0 Å². The Morgan fingerprint density at radius 1 is 0.208 bits per heavy atom. The van der Waals surface area contributed by atoms with E-state index in [9.17, 15) is 0 Å². The van der Waals surface area contributed by atoms with E-state index >= 15 is 0 Å². The van der Waals surface area contributed by atoms with Gasteiger partial charge in [0, 0.05) is 0 Å². The Balaban J connectivity index is 0.000000180. The average Bonchev–Trinajstić information content (AvgIpc) is 2.46. The molecule has 0 atom stereocenters. The standard InChI is InChI=1S/C8H16.C8H14.C8H12/c3*1-2-4-6-8-7-5-3-1/h1-8H2;1-2H,3-8H2;1-2,7-8H,3-6H2/b;;2-1-,8-7?.